The van der Waals surface area contributed by atoms with Crippen molar-refractivity contribution in [1.29, 1.82) is 0 Å². The van der Waals surface area contributed by atoms with Crippen LogP contribution in [-0.4, -0.2) is 38.9 Å². The minimum atomic E-state index is 0.229. The largest absolute Gasteiger partial charge is 0.383 e. The lowest BCUT2D eigenvalue weighted by Crippen LogP contribution is -2.40. The normalized spacial score (nSPS) is 36.8. The van der Waals surface area contributed by atoms with Crippen molar-refractivity contribution in [3.05, 3.63) is 0 Å². The molecule has 2 aliphatic heterocycles. The van der Waals surface area contributed by atoms with Crippen LogP contribution in [-0.2, 0) is 4.74 Å². The molecular formula is C13H26N2O. The van der Waals surface area contributed by atoms with E-state index < -0.39 is 0 Å². The van der Waals surface area contributed by atoms with Crippen LogP contribution < -0.4 is 10.6 Å². The molecule has 3 nitrogen and oxygen atoms in total. The zero-order valence-corrected chi connectivity index (χ0v) is 10.7. The molecule has 2 heterocycles. The highest BCUT2D eigenvalue weighted by atomic mass is 16.5. The fraction of sp³-hybridized carbons (Fsp3) is 1.00. The summed E-state index contributed by atoms with van der Waals surface area (Å²) in [5.74, 6) is 1.82. The topological polar surface area (TPSA) is 33.3 Å². The van der Waals surface area contributed by atoms with Gasteiger partial charge in [-0.1, -0.05) is 0 Å². The van der Waals surface area contributed by atoms with E-state index in [1.165, 1.54) is 45.3 Å². The van der Waals surface area contributed by atoms with E-state index in [-0.39, 0.29) is 5.54 Å². The van der Waals surface area contributed by atoms with Gasteiger partial charge in [-0.3, -0.25) is 0 Å². The Kier molecular flexibility index (Phi) is 4.22. The van der Waals surface area contributed by atoms with Crippen LogP contribution in [0, 0.1) is 11.8 Å². The summed E-state index contributed by atoms with van der Waals surface area (Å²) in [5, 5.41) is 7.07. The predicted octanol–water partition coefficient (Wildman–Crippen LogP) is 1.39. The van der Waals surface area contributed by atoms with E-state index in [0.29, 0.717) is 0 Å². The minimum Gasteiger partial charge on any atom is -0.383 e. The summed E-state index contributed by atoms with van der Waals surface area (Å²) in [4.78, 5) is 0. The summed E-state index contributed by atoms with van der Waals surface area (Å²) >= 11 is 0. The molecule has 0 aromatic heterocycles. The highest BCUT2D eigenvalue weighted by molar-refractivity contribution is 4.93. The summed E-state index contributed by atoms with van der Waals surface area (Å²) in [7, 11) is 1.80. The standard InChI is InChI=1S/C13H26N2O/c1-13(10-16-2)8-12(9-15-13)7-11-3-5-14-6-4-11/h11-12,14-15H,3-10H2,1-2H3. The van der Waals surface area contributed by atoms with E-state index in [1.54, 1.807) is 7.11 Å². The Morgan fingerprint density at radius 2 is 2.00 bits per heavy atom. The smallest absolute Gasteiger partial charge is 0.0641 e. The number of hydrogen-bond acceptors (Lipinski definition) is 3. The van der Waals surface area contributed by atoms with Crippen molar-refractivity contribution in [3.8, 4) is 0 Å². The molecule has 0 saturated carbocycles. The van der Waals surface area contributed by atoms with Crippen molar-refractivity contribution < 1.29 is 4.74 Å². The van der Waals surface area contributed by atoms with E-state index in [0.717, 1.165) is 18.4 Å². The first-order chi connectivity index (χ1) is 7.72. The summed E-state index contributed by atoms with van der Waals surface area (Å²) in [6.45, 7) is 6.76. The Balaban J connectivity index is 1.75. The lowest BCUT2D eigenvalue weighted by molar-refractivity contribution is 0.127. The molecule has 0 radical (unpaired) electrons. The molecule has 2 saturated heterocycles. The van der Waals surface area contributed by atoms with Crippen LogP contribution in [0.2, 0.25) is 0 Å². The molecule has 2 atom stereocenters. The quantitative estimate of drug-likeness (QED) is 0.760. The predicted molar refractivity (Wildman–Crippen MR) is 66.6 cm³/mol. The Morgan fingerprint density at radius 3 is 2.69 bits per heavy atom. The van der Waals surface area contributed by atoms with E-state index in [9.17, 15) is 0 Å². The first-order valence-electron chi connectivity index (χ1n) is 6.66. The first kappa shape index (κ1) is 12.3. The Morgan fingerprint density at radius 1 is 1.25 bits per heavy atom. The van der Waals surface area contributed by atoms with Gasteiger partial charge in [0.05, 0.1) is 6.61 Å². The number of hydrogen-bond donors (Lipinski definition) is 2. The van der Waals surface area contributed by atoms with Gasteiger partial charge in [0.2, 0.25) is 0 Å². The van der Waals surface area contributed by atoms with Crippen LogP contribution >= 0.6 is 0 Å². The second kappa shape index (κ2) is 5.48. The lowest BCUT2D eigenvalue weighted by atomic mass is 9.84. The van der Waals surface area contributed by atoms with Gasteiger partial charge in [0.15, 0.2) is 0 Å². The van der Waals surface area contributed by atoms with Gasteiger partial charge in [-0.15, -0.1) is 0 Å². The molecule has 3 heteroatoms. The Bertz CT molecular complexity index is 216. The van der Waals surface area contributed by atoms with Crippen molar-refractivity contribution in [2.45, 2.75) is 38.1 Å². The number of ether oxygens (including phenoxy) is 1. The van der Waals surface area contributed by atoms with Crippen molar-refractivity contribution >= 4 is 0 Å². The summed E-state index contributed by atoms with van der Waals surface area (Å²) < 4.78 is 5.29. The molecule has 16 heavy (non-hydrogen) atoms. The Hall–Kier alpha value is -0.120. The van der Waals surface area contributed by atoms with E-state index in [2.05, 4.69) is 17.6 Å². The van der Waals surface area contributed by atoms with Gasteiger partial charge >= 0.3 is 0 Å². The van der Waals surface area contributed by atoms with Crippen molar-refractivity contribution in [2.75, 3.05) is 33.4 Å². The highest BCUT2D eigenvalue weighted by Crippen LogP contribution is 2.31. The van der Waals surface area contributed by atoms with Gasteiger partial charge in [-0.25, -0.2) is 0 Å². The second-order valence-electron chi connectivity index (χ2n) is 5.87. The SMILES string of the molecule is COCC1(C)CC(CC2CCNCC2)CN1. The van der Waals surface area contributed by atoms with Crippen molar-refractivity contribution in [1.82, 2.24) is 10.6 Å². The van der Waals surface area contributed by atoms with Gasteiger partial charge in [0.25, 0.3) is 0 Å². The fourth-order valence-corrected chi connectivity index (χ4v) is 3.36. The second-order valence-corrected chi connectivity index (χ2v) is 5.87. The molecule has 2 fully saturated rings. The highest BCUT2D eigenvalue weighted by Gasteiger charge is 2.35. The van der Waals surface area contributed by atoms with E-state index >= 15 is 0 Å². The van der Waals surface area contributed by atoms with Gasteiger partial charge in [0, 0.05) is 12.6 Å². The zero-order chi connectivity index (χ0) is 11.4. The van der Waals surface area contributed by atoms with Crippen LogP contribution in [0.15, 0.2) is 0 Å². The maximum Gasteiger partial charge on any atom is 0.0641 e. The zero-order valence-electron chi connectivity index (χ0n) is 10.7. The third kappa shape index (κ3) is 3.19. The van der Waals surface area contributed by atoms with Crippen LogP contribution in [0.4, 0.5) is 0 Å². The minimum absolute atomic E-state index is 0.229. The fourth-order valence-electron chi connectivity index (χ4n) is 3.36. The molecule has 94 valence electrons. The Labute approximate surface area is 99.3 Å². The average Bonchev–Trinajstić information content (AvgIpc) is 2.62. The molecule has 0 bridgehead atoms. The number of methoxy groups -OCH3 is 1. The van der Waals surface area contributed by atoms with E-state index in [4.69, 9.17) is 4.74 Å². The maximum atomic E-state index is 5.29. The third-order valence-electron chi connectivity index (χ3n) is 4.15. The molecule has 0 amide bonds. The number of piperidine rings is 1. The first-order valence-corrected chi connectivity index (χ1v) is 6.66. The molecule has 2 N–H and O–H groups in total. The van der Waals surface area contributed by atoms with Crippen molar-refractivity contribution in [3.63, 3.8) is 0 Å². The van der Waals surface area contributed by atoms with E-state index in [1.807, 2.05) is 0 Å². The summed E-state index contributed by atoms with van der Waals surface area (Å²) in [5.41, 5.74) is 0.229. The molecule has 0 spiro atoms. The van der Waals surface area contributed by atoms with Gasteiger partial charge in [-0.2, -0.15) is 0 Å². The van der Waals surface area contributed by atoms with Crippen LogP contribution in [0.1, 0.15) is 32.6 Å². The molecule has 0 aromatic rings. The third-order valence-corrected chi connectivity index (χ3v) is 4.15. The van der Waals surface area contributed by atoms with Gasteiger partial charge in [-0.05, 0) is 64.1 Å². The lowest BCUT2D eigenvalue weighted by Gasteiger charge is -2.26. The van der Waals surface area contributed by atoms with Crippen molar-refractivity contribution in [2.24, 2.45) is 11.8 Å². The summed E-state index contributed by atoms with van der Waals surface area (Å²) in [6.07, 6.45) is 5.44. The van der Waals surface area contributed by atoms with Crippen LogP contribution in [0.5, 0.6) is 0 Å². The summed E-state index contributed by atoms with van der Waals surface area (Å²) in [6, 6.07) is 0. The molecule has 2 aliphatic rings. The molecule has 2 unspecified atom stereocenters. The number of nitrogens with one attached hydrogen (secondary N) is 2. The van der Waals surface area contributed by atoms with Crippen LogP contribution in [0.25, 0.3) is 0 Å². The molecule has 2 rings (SSSR count). The van der Waals surface area contributed by atoms with Gasteiger partial charge in [0.1, 0.15) is 0 Å². The van der Waals surface area contributed by atoms with Gasteiger partial charge < -0.3 is 15.4 Å². The maximum absolute atomic E-state index is 5.29. The molecule has 0 aromatic carbocycles. The van der Waals surface area contributed by atoms with Crippen LogP contribution in [0.3, 0.4) is 0 Å². The number of rotatable bonds is 4. The molecule has 0 aliphatic carbocycles. The average molecular weight is 226 g/mol. The monoisotopic (exact) mass is 226 g/mol. The molecular weight excluding hydrogens is 200 g/mol.